The number of nitrogens with one attached hydrogen (secondary N) is 2. The number of halogens is 1. The summed E-state index contributed by atoms with van der Waals surface area (Å²) in [5.41, 5.74) is 6.67. The fraction of sp³-hybridized carbons (Fsp3) is 0.417. The van der Waals surface area contributed by atoms with Crippen molar-refractivity contribution in [2.24, 2.45) is 0 Å². The normalized spacial score (nSPS) is 16.8. The van der Waals surface area contributed by atoms with Gasteiger partial charge in [-0.05, 0) is 44.1 Å². The lowest BCUT2D eigenvalue weighted by atomic mass is 10.1. The van der Waals surface area contributed by atoms with Gasteiger partial charge < -0.3 is 16.4 Å². The first-order valence-corrected chi connectivity index (χ1v) is 6.11. The predicted molar refractivity (Wildman–Crippen MR) is 69.2 cm³/mol. The Kier molecular flexibility index (Phi) is 3.86. The molecule has 0 atom stereocenters. The van der Waals surface area contributed by atoms with Crippen LogP contribution in [0.5, 0.6) is 0 Å². The Morgan fingerprint density at radius 3 is 2.76 bits per heavy atom. The Bertz CT molecular complexity index is 416. The molecule has 0 bridgehead atoms. The highest BCUT2D eigenvalue weighted by molar-refractivity contribution is 6.33. The highest BCUT2D eigenvalue weighted by Gasteiger charge is 2.16. The van der Waals surface area contributed by atoms with E-state index in [0.717, 1.165) is 25.9 Å². The zero-order chi connectivity index (χ0) is 12.3. The van der Waals surface area contributed by atoms with Gasteiger partial charge in [-0.2, -0.15) is 0 Å². The lowest BCUT2D eigenvalue weighted by Crippen LogP contribution is -2.42. The molecule has 0 saturated carbocycles. The summed E-state index contributed by atoms with van der Waals surface area (Å²) in [5, 5.41) is 6.74. The molecule has 4 nitrogen and oxygen atoms in total. The maximum Gasteiger partial charge on any atom is 0.251 e. The molecule has 4 N–H and O–H groups in total. The molecule has 1 aliphatic heterocycles. The molecule has 1 fully saturated rings. The third-order valence-electron chi connectivity index (χ3n) is 2.93. The smallest absolute Gasteiger partial charge is 0.251 e. The number of hydrogen-bond acceptors (Lipinski definition) is 3. The molecule has 1 amide bonds. The summed E-state index contributed by atoms with van der Waals surface area (Å²) in [5.74, 6) is -0.0831. The van der Waals surface area contributed by atoms with Gasteiger partial charge in [-0.25, -0.2) is 0 Å². The Balaban J connectivity index is 2.01. The molecule has 1 aromatic carbocycles. The number of amides is 1. The zero-order valence-electron chi connectivity index (χ0n) is 9.50. The molecule has 0 spiro atoms. The topological polar surface area (TPSA) is 67.2 Å². The number of piperidine rings is 1. The van der Waals surface area contributed by atoms with E-state index in [-0.39, 0.29) is 11.9 Å². The van der Waals surface area contributed by atoms with E-state index in [1.807, 2.05) is 0 Å². The van der Waals surface area contributed by atoms with Crippen LogP contribution in [0.3, 0.4) is 0 Å². The molecular formula is C12H16ClN3O. The molecule has 17 heavy (non-hydrogen) atoms. The van der Waals surface area contributed by atoms with E-state index in [9.17, 15) is 4.79 Å². The predicted octanol–water partition coefficient (Wildman–Crippen LogP) is 1.40. The molecule has 1 aromatic rings. The summed E-state index contributed by atoms with van der Waals surface area (Å²) in [4.78, 5) is 11.9. The number of anilines is 1. The summed E-state index contributed by atoms with van der Waals surface area (Å²) >= 11 is 5.81. The first-order valence-electron chi connectivity index (χ1n) is 5.73. The molecule has 0 radical (unpaired) electrons. The number of nitrogens with two attached hydrogens (primary N) is 1. The Hall–Kier alpha value is -1.26. The van der Waals surface area contributed by atoms with Crippen LogP contribution in [0.1, 0.15) is 23.2 Å². The van der Waals surface area contributed by atoms with Crippen LogP contribution in [0.15, 0.2) is 18.2 Å². The number of carbonyl (C=O) groups is 1. The molecule has 0 unspecified atom stereocenters. The summed E-state index contributed by atoms with van der Waals surface area (Å²) in [6.45, 7) is 1.90. The van der Waals surface area contributed by atoms with Crippen LogP contribution < -0.4 is 16.4 Å². The number of carbonyl (C=O) groups excluding carboxylic acids is 1. The van der Waals surface area contributed by atoms with Gasteiger partial charge in [0.15, 0.2) is 0 Å². The van der Waals surface area contributed by atoms with E-state index in [0.29, 0.717) is 16.3 Å². The van der Waals surface area contributed by atoms with Gasteiger partial charge in [-0.15, -0.1) is 0 Å². The fourth-order valence-electron chi connectivity index (χ4n) is 1.92. The maximum atomic E-state index is 11.9. The van der Waals surface area contributed by atoms with Gasteiger partial charge in [0.1, 0.15) is 0 Å². The second-order valence-electron chi connectivity index (χ2n) is 4.23. The van der Waals surface area contributed by atoms with Gasteiger partial charge in [-0.1, -0.05) is 11.6 Å². The molecule has 0 aliphatic carbocycles. The summed E-state index contributed by atoms with van der Waals surface area (Å²) in [6.07, 6.45) is 1.93. The lowest BCUT2D eigenvalue weighted by Gasteiger charge is -2.23. The van der Waals surface area contributed by atoms with Crippen LogP contribution >= 0.6 is 11.6 Å². The minimum absolute atomic E-state index is 0.0831. The van der Waals surface area contributed by atoms with Gasteiger partial charge in [0.2, 0.25) is 0 Å². The second kappa shape index (κ2) is 5.38. The van der Waals surface area contributed by atoms with Gasteiger partial charge in [0.25, 0.3) is 5.91 Å². The van der Waals surface area contributed by atoms with E-state index < -0.39 is 0 Å². The van der Waals surface area contributed by atoms with E-state index in [4.69, 9.17) is 17.3 Å². The van der Waals surface area contributed by atoms with Gasteiger partial charge in [0, 0.05) is 11.6 Å². The molecule has 1 saturated heterocycles. The number of hydrogen-bond donors (Lipinski definition) is 3. The largest absolute Gasteiger partial charge is 0.398 e. The van der Waals surface area contributed by atoms with Crippen molar-refractivity contribution < 1.29 is 4.79 Å². The lowest BCUT2D eigenvalue weighted by molar-refractivity contribution is 0.0929. The quantitative estimate of drug-likeness (QED) is 0.698. The van der Waals surface area contributed by atoms with E-state index in [2.05, 4.69) is 10.6 Å². The highest BCUT2D eigenvalue weighted by Crippen LogP contribution is 2.19. The van der Waals surface area contributed by atoms with Gasteiger partial charge in [-0.3, -0.25) is 4.79 Å². The molecule has 92 valence electrons. The van der Waals surface area contributed by atoms with Gasteiger partial charge in [0.05, 0.1) is 10.7 Å². The Morgan fingerprint density at radius 1 is 1.41 bits per heavy atom. The summed E-state index contributed by atoms with van der Waals surface area (Å²) < 4.78 is 0. The maximum absolute atomic E-state index is 11.9. The molecule has 2 rings (SSSR count). The molecule has 5 heteroatoms. The summed E-state index contributed by atoms with van der Waals surface area (Å²) in [6, 6.07) is 5.20. The standard InChI is InChI=1S/C12H16ClN3O/c13-10-2-1-8(7-11(10)14)12(17)16-9-3-5-15-6-4-9/h1-2,7,9,15H,3-6,14H2,(H,16,17). The van der Waals surface area contributed by atoms with Crippen LogP contribution in [0.4, 0.5) is 5.69 Å². The zero-order valence-corrected chi connectivity index (χ0v) is 10.3. The van der Waals surface area contributed by atoms with Crippen LogP contribution in [0, 0.1) is 0 Å². The minimum Gasteiger partial charge on any atom is -0.398 e. The SMILES string of the molecule is Nc1cc(C(=O)NC2CCNCC2)ccc1Cl. The third-order valence-corrected chi connectivity index (χ3v) is 3.28. The fourth-order valence-corrected chi connectivity index (χ4v) is 2.04. The van der Waals surface area contributed by atoms with E-state index >= 15 is 0 Å². The molecule has 1 heterocycles. The van der Waals surface area contributed by atoms with Crippen molar-refractivity contribution in [1.82, 2.24) is 10.6 Å². The second-order valence-corrected chi connectivity index (χ2v) is 4.64. The minimum atomic E-state index is -0.0831. The van der Waals surface area contributed by atoms with Crippen molar-refractivity contribution in [2.45, 2.75) is 18.9 Å². The summed E-state index contributed by atoms with van der Waals surface area (Å²) in [7, 11) is 0. The number of nitrogen functional groups attached to an aromatic ring is 1. The molecule has 0 aromatic heterocycles. The number of benzene rings is 1. The van der Waals surface area contributed by atoms with Crippen molar-refractivity contribution in [3.63, 3.8) is 0 Å². The van der Waals surface area contributed by atoms with Crippen molar-refractivity contribution in [2.75, 3.05) is 18.8 Å². The van der Waals surface area contributed by atoms with Crippen molar-refractivity contribution in [1.29, 1.82) is 0 Å². The van der Waals surface area contributed by atoms with E-state index in [1.54, 1.807) is 18.2 Å². The van der Waals surface area contributed by atoms with Crippen LogP contribution in [0.2, 0.25) is 5.02 Å². The van der Waals surface area contributed by atoms with Gasteiger partial charge >= 0.3 is 0 Å². The van der Waals surface area contributed by atoms with Crippen molar-refractivity contribution >= 4 is 23.2 Å². The average Bonchev–Trinajstić information content (AvgIpc) is 2.34. The average molecular weight is 254 g/mol. The van der Waals surface area contributed by atoms with Crippen LogP contribution in [-0.4, -0.2) is 25.0 Å². The van der Waals surface area contributed by atoms with Crippen molar-refractivity contribution in [3.8, 4) is 0 Å². The molecule has 1 aliphatic rings. The first kappa shape index (κ1) is 12.2. The first-order chi connectivity index (χ1) is 8.16. The van der Waals surface area contributed by atoms with Crippen molar-refractivity contribution in [3.05, 3.63) is 28.8 Å². The Morgan fingerprint density at radius 2 is 2.12 bits per heavy atom. The monoisotopic (exact) mass is 253 g/mol. The third kappa shape index (κ3) is 3.11. The van der Waals surface area contributed by atoms with Crippen LogP contribution in [-0.2, 0) is 0 Å². The van der Waals surface area contributed by atoms with Crippen LogP contribution in [0.25, 0.3) is 0 Å². The van der Waals surface area contributed by atoms with E-state index in [1.165, 1.54) is 0 Å². The Labute approximate surface area is 106 Å². The highest BCUT2D eigenvalue weighted by atomic mass is 35.5. The number of rotatable bonds is 2. The molecular weight excluding hydrogens is 238 g/mol.